The second-order valence-corrected chi connectivity index (χ2v) is 7.58. The number of primary amides is 1. The fraction of sp³-hybridized carbons (Fsp3) is 0.400. The van der Waals surface area contributed by atoms with Crippen molar-refractivity contribution in [3.8, 4) is 0 Å². The molecule has 0 bridgehead atoms. The summed E-state index contributed by atoms with van der Waals surface area (Å²) in [5.74, 6) is 0.0743. The molecule has 0 saturated heterocycles. The van der Waals surface area contributed by atoms with Gasteiger partial charge >= 0.3 is 0 Å². The van der Waals surface area contributed by atoms with Gasteiger partial charge in [-0.25, -0.2) is 4.98 Å². The first-order valence-corrected chi connectivity index (χ1v) is 9.78. The number of aromatic nitrogens is 2. The molecule has 9 nitrogen and oxygen atoms in total. The standard InChI is InChI=1S/C20H25N7O2/c1-27-16-8-4-7-14(11(16)9-17(27)28)24-19-12(18(22)29)10-23-20(26-19)25-15-6-3-2-5-13(15)21/h4,7-8,10,13,15H,2-3,5-6,9,21H2,1H3,(H2,22,29)(H2,23,24,25,26)/t13-,15+/m0/s1. The molecule has 1 aliphatic heterocycles. The maximum absolute atomic E-state index is 12.1. The Kier molecular flexibility index (Phi) is 5.06. The van der Waals surface area contributed by atoms with Gasteiger partial charge in [-0.05, 0) is 25.0 Å². The summed E-state index contributed by atoms with van der Waals surface area (Å²) in [4.78, 5) is 34.4. The number of hydrogen-bond acceptors (Lipinski definition) is 7. The van der Waals surface area contributed by atoms with Crippen LogP contribution in [0.15, 0.2) is 24.4 Å². The molecule has 1 saturated carbocycles. The number of carbonyl (C=O) groups excluding carboxylic acids is 2. The molecule has 0 radical (unpaired) electrons. The van der Waals surface area contributed by atoms with Gasteiger partial charge in [-0.2, -0.15) is 4.98 Å². The largest absolute Gasteiger partial charge is 0.365 e. The number of carbonyl (C=O) groups is 2. The molecule has 6 N–H and O–H groups in total. The number of rotatable bonds is 5. The molecule has 1 aromatic heterocycles. The molecule has 2 heterocycles. The quantitative estimate of drug-likeness (QED) is 0.602. The second-order valence-electron chi connectivity index (χ2n) is 7.58. The van der Waals surface area contributed by atoms with Gasteiger partial charge in [-0.15, -0.1) is 0 Å². The molecule has 29 heavy (non-hydrogen) atoms. The highest BCUT2D eigenvalue weighted by Gasteiger charge is 2.27. The van der Waals surface area contributed by atoms with Gasteiger partial charge in [0.1, 0.15) is 11.4 Å². The van der Waals surface area contributed by atoms with E-state index in [9.17, 15) is 9.59 Å². The molecule has 1 fully saturated rings. The Morgan fingerprint density at radius 1 is 1.28 bits per heavy atom. The average molecular weight is 395 g/mol. The van der Waals surface area contributed by atoms with E-state index in [0.29, 0.717) is 17.5 Å². The first kappa shape index (κ1) is 19.1. The highest BCUT2D eigenvalue weighted by Crippen LogP contribution is 2.35. The number of amides is 2. The van der Waals surface area contributed by atoms with Crippen molar-refractivity contribution in [1.82, 2.24) is 9.97 Å². The van der Waals surface area contributed by atoms with Gasteiger partial charge in [0.25, 0.3) is 5.91 Å². The molecule has 2 amide bonds. The van der Waals surface area contributed by atoms with Gasteiger partial charge < -0.3 is 27.0 Å². The monoisotopic (exact) mass is 395 g/mol. The van der Waals surface area contributed by atoms with E-state index < -0.39 is 5.91 Å². The van der Waals surface area contributed by atoms with E-state index in [1.807, 2.05) is 18.2 Å². The van der Waals surface area contributed by atoms with Crippen LogP contribution >= 0.6 is 0 Å². The zero-order valence-corrected chi connectivity index (χ0v) is 16.3. The Balaban J connectivity index is 1.64. The van der Waals surface area contributed by atoms with E-state index in [4.69, 9.17) is 11.5 Å². The molecule has 1 aliphatic carbocycles. The SMILES string of the molecule is CN1C(=O)Cc2c(Nc3nc(N[C@@H]4CCCC[C@@H]4N)ncc3C(N)=O)cccc21. The molecule has 2 aromatic rings. The summed E-state index contributed by atoms with van der Waals surface area (Å²) in [5, 5.41) is 6.47. The summed E-state index contributed by atoms with van der Waals surface area (Å²) in [6.45, 7) is 0. The molecule has 0 spiro atoms. The van der Waals surface area contributed by atoms with E-state index in [1.54, 1.807) is 11.9 Å². The van der Waals surface area contributed by atoms with Crippen LogP contribution in [0.5, 0.6) is 0 Å². The van der Waals surface area contributed by atoms with Gasteiger partial charge in [0, 0.05) is 42.3 Å². The Labute approximate surface area is 168 Å². The average Bonchev–Trinajstić information content (AvgIpc) is 2.99. The summed E-state index contributed by atoms with van der Waals surface area (Å²) in [6, 6.07) is 5.71. The maximum Gasteiger partial charge on any atom is 0.254 e. The third-order valence-electron chi connectivity index (χ3n) is 5.66. The topological polar surface area (TPSA) is 139 Å². The minimum Gasteiger partial charge on any atom is -0.365 e. The number of likely N-dealkylation sites (N-methyl/N-ethyl adjacent to an activating group) is 1. The number of hydrogen-bond donors (Lipinski definition) is 4. The summed E-state index contributed by atoms with van der Waals surface area (Å²) >= 11 is 0. The predicted molar refractivity (Wildman–Crippen MR) is 111 cm³/mol. The van der Waals surface area contributed by atoms with Crippen molar-refractivity contribution in [2.45, 2.75) is 44.2 Å². The summed E-state index contributed by atoms with van der Waals surface area (Å²) in [6.07, 6.45) is 5.83. The minimum atomic E-state index is -0.630. The van der Waals surface area contributed by atoms with Crippen molar-refractivity contribution in [1.29, 1.82) is 0 Å². The van der Waals surface area contributed by atoms with Gasteiger partial charge in [0.2, 0.25) is 11.9 Å². The summed E-state index contributed by atoms with van der Waals surface area (Å²) in [7, 11) is 1.74. The lowest BCUT2D eigenvalue weighted by atomic mass is 9.91. The number of anilines is 4. The molecular weight excluding hydrogens is 370 g/mol. The lowest BCUT2D eigenvalue weighted by Crippen LogP contribution is -2.43. The highest BCUT2D eigenvalue weighted by molar-refractivity contribution is 6.04. The third kappa shape index (κ3) is 3.73. The van der Waals surface area contributed by atoms with Crippen LogP contribution in [-0.4, -0.2) is 40.9 Å². The van der Waals surface area contributed by atoms with Crippen LogP contribution in [-0.2, 0) is 11.2 Å². The van der Waals surface area contributed by atoms with Crippen molar-refractivity contribution in [3.63, 3.8) is 0 Å². The number of benzene rings is 1. The number of nitrogens with zero attached hydrogens (tertiary/aromatic N) is 3. The molecule has 2 atom stereocenters. The number of nitrogens with two attached hydrogens (primary N) is 2. The van der Waals surface area contributed by atoms with Crippen LogP contribution < -0.4 is 27.0 Å². The zero-order chi connectivity index (χ0) is 20.5. The third-order valence-corrected chi connectivity index (χ3v) is 5.66. The van der Waals surface area contributed by atoms with Crippen LogP contribution in [0.4, 0.5) is 23.1 Å². The lowest BCUT2D eigenvalue weighted by Gasteiger charge is -2.29. The first-order chi connectivity index (χ1) is 13.9. The van der Waals surface area contributed by atoms with Crippen molar-refractivity contribution in [2.75, 3.05) is 22.6 Å². The molecule has 9 heteroatoms. The fourth-order valence-corrected chi connectivity index (χ4v) is 3.96. The molecule has 1 aromatic carbocycles. The molecule has 4 rings (SSSR count). The number of fused-ring (bicyclic) bond motifs is 1. The smallest absolute Gasteiger partial charge is 0.254 e. The lowest BCUT2D eigenvalue weighted by molar-refractivity contribution is -0.117. The Morgan fingerprint density at radius 3 is 2.83 bits per heavy atom. The number of nitrogens with one attached hydrogen (secondary N) is 2. The predicted octanol–water partition coefficient (Wildman–Crippen LogP) is 1.52. The first-order valence-electron chi connectivity index (χ1n) is 9.78. The van der Waals surface area contributed by atoms with E-state index in [2.05, 4.69) is 20.6 Å². The highest BCUT2D eigenvalue weighted by atomic mass is 16.2. The second kappa shape index (κ2) is 7.67. The Hall–Kier alpha value is -3.20. The summed E-state index contributed by atoms with van der Waals surface area (Å²) < 4.78 is 0. The van der Waals surface area contributed by atoms with Crippen molar-refractivity contribution in [3.05, 3.63) is 35.5 Å². The minimum absolute atomic E-state index is 0.0145. The van der Waals surface area contributed by atoms with E-state index in [-0.39, 0.29) is 30.0 Å². The van der Waals surface area contributed by atoms with Gasteiger partial charge in [-0.3, -0.25) is 9.59 Å². The van der Waals surface area contributed by atoms with Crippen molar-refractivity contribution < 1.29 is 9.59 Å². The fourth-order valence-electron chi connectivity index (χ4n) is 3.96. The van der Waals surface area contributed by atoms with Crippen LogP contribution in [0, 0.1) is 0 Å². The Morgan fingerprint density at radius 2 is 2.07 bits per heavy atom. The van der Waals surface area contributed by atoms with Gasteiger partial charge in [0.15, 0.2) is 0 Å². The van der Waals surface area contributed by atoms with Crippen LogP contribution in [0.3, 0.4) is 0 Å². The van der Waals surface area contributed by atoms with Crippen LogP contribution in [0.2, 0.25) is 0 Å². The van der Waals surface area contributed by atoms with Gasteiger partial charge in [-0.1, -0.05) is 18.9 Å². The Bertz CT molecular complexity index is 962. The molecule has 0 unspecified atom stereocenters. The zero-order valence-electron chi connectivity index (χ0n) is 16.3. The molecular formula is C20H25N7O2. The summed E-state index contributed by atoms with van der Waals surface area (Å²) in [5.41, 5.74) is 14.3. The van der Waals surface area contributed by atoms with Gasteiger partial charge in [0.05, 0.1) is 6.42 Å². The van der Waals surface area contributed by atoms with Crippen molar-refractivity contribution in [2.24, 2.45) is 11.5 Å². The van der Waals surface area contributed by atoms with Crippen LogP contribution in [0.1, 0.15) is 41.6 Å². The van der Waals surface area contributed by atoms with Crippen LogP contribution in [0.25, 0.3) is 0 Å². The van der Waals surface area contributed by atoms with Crippen molar-refractivity contribution >= 4 is 35.0 Å². The van der Waals surface area contributed by atoms with E-state index in [1.165, 1.54) is 6.20 Å². The maximum atomic E-state index is 12.1. The van der Waals surface area contributed by atoms with E-state index in [0.717, 1.165) is 36.9 Å². The van der Waals surface area contributed by atoms with E-state index >= 15 is 0 Å². The normalized spacial score (nSPS) is 21.0. The molecule has 2 aliphatic rings. The molecule has 152 valence electrons.